The number of nitriles is 1. The van der Waals surface area contributed by atoms with Gasteiger partial charge in [-0.25, -0.2) is 0 Å². The first-order chi connectivity index (χ1) is 8.79. The van der Waals surface area contributed by atoms with E-state index in [0.29, 0.717) is 22.0 Å². The first-order valence-corrected chi connectivity index (χ1v) is 5.71. The molecule has 0 spiro atoms. The van der Waals surface area contributed by atoms with Crippen molar-refractivity contribution >= 4 is 17.3 Å². The first kappa shape index (κ1) is 15.4. The van der Waals surface area contributed by atoms with Crippen LogP contribution in [0.25, 0.3) is 0 Å². The summed E-state index contributed by atoms with van der Waals surface area (Å²) in [6, 6.07) is 4.30. The van der Waals surface area contributed by atoms with Gasteiger partial charge in [0.05, 0.1) is 18.9 Å². The lowest BCUT2D eigenvalue weighted by Gasteiger charge is -2.17. The maximum Gasteiger partial charge on any atom is 0.406 e. The Kier molecular flexibility index (Phi) is 4.90. The minimum atomic E-state index is -4.56. The van der Waals surface area contributed by atoms with Crippen LogP contribution in [0, 0.1) is 24.2 Å². The molecule has 0 saturated carbocycles. The summed E-state index contributed by atoms with van der Waals surface area (Å²) in [6.07, 6.45) is -4.56. The summed E-state index contributed by atoms with van der Waals surface area (Å²) >= 11 is 5.89. The molecule has 0 radical (unpaired) electrons. The number of nitrogens with one attached hydrogen (secondary N) is 1. The number of hydrogen-bond acceptors (Lipinski definition) is 3. The van der Waals surface area contributed by atoms with Crippen LogP contribution in [0.4, 0.5) is 18.9 Å². The van der Waals surface area contributed by atoms with Crippen LogP contribution in [0.1, 0.15) is 5.56 Å². The molecule has 1 aromatic carbocycles. The molecule has 7 heteroatoms. The number of alkyl halides is 3. The van der Waals surface area contributed by atoms with Crippen molar-refractivity contribution < 1.29 is 17.9 Å². The van der Waals surface area contributed by atoms with Crippen molar-refractivity contribution in [1.82, 2.24) is 0 Å². The zero-order valence-corrected chi connectivity index (χ0v) is 11.1. The van der Waals surface area contributed by atoms with E-state index in [4.69, 9.17) is 21.6 Å². The second-order valence-electron chi connectivity index (χ2n) is 3.91. The van der Waals surface area contributed by atoms with Gasteiger partial charge in [-0.15, -0.1) is 0 Å². The molecule has 0 aromatic heterocycles. The highest BCUT2D eigenvalue weighted by Gasteiger charge is 2.39. The monoisotopic (exact) mass is 292 g/mol. The van der Waals surface area contributed by atoms with Gasteiger partial charge in [-0.2, -0.15) is 18.4 Å². The largest absolute Gasteiger partial charge is 0.495 e. The predicted molar refractivity (Wildman–Crippen MR) is 66.4 cm³/mol. The van der Waals surface area contributed by atoms with Crippen LogP contribution >= 0.6 is 11.6 Å². The van der Waals surface area contributed by atoms with E-state index in [1.165, 1.54) is 19.2 Å². The molecule has 0 bridgehead atoms. The standard InChI is InChI=1S/C12H12ClF3N2O/c1-7-3-10(11(19-2)4-9(7)13)18-6-8(5-17)12(14,15)16/h3-4,8,18H,6H2,1-2H3. The molecule has 104 valence electrons. The van der Waals surface area contributed by atoms with E-state index in [9.17, 15) is 13.2 Å². The van der Waals surface area contributed by atoms with Gasteiger partial charge in [-0.3, -0.25) is 0 Å². The van der Waals surface area contributed by atoms with Crippen LogP contribution in [0.2, 0.25) is 5.02 Å². The Hall–Kier alpha value is -1.61. The Morgan fingerprint density at radius 3 is 2.58 bits per heavy atom. The van der Waals surface area contributed by atoms with Gasteiger partial charge in [0.15, 0.2) is 5.92 Å². The molecule has 1 atom stereocenters. The van der Waals surface area contributed by atoms with Crippen molar-refractivity contribution in [3.05, 3.63) is 22.7 Å². The van der Waals surface area contributed by atoms with E-state index >= 15 is 0 Å². The molecule has 0 heterocycles. The van der Waals surface area contributed by atoms with Gasteiger partial charge in [-0.05, 0) is 18.6 Å². The molecule has 19 heavy (non-hydrogen) atoms. The third-order valence-electron chi connectivity index (χ3n) is 2.53. The number of ether oxygens (including phenoxy) is 1. The Morgan fingerprint density at radius 2 is 2.11 bits per heavy atom. The molecular formula is C12H12ClF3N2O. The summed E-state index contributed by atoms with van der Waals surface area (Å²) < 4.78 is 42.3. The molecule has 0 aliphatic rings. The number of benzene rings is 1. The maximum atomic E-state index is 12.4. The third kappa shape index (κ3) is 3.93. The molecule has 0 aliphatic heterocycles. The second-order valence-corrected chi connectivity index (χ2v) is 4.31. The van der Waals surface area contributed by atoms with Crippen LogP contribution in [0.3, 0.4) is 0 Å². The number of halogens is 4. The summed E-state index contributed by atoms with van der Waals surface area (Å²) in [7, 11) is 1.39. The van der Waals surface area contributed by atoms with Gasteiger partial charge in [0.1, 0.15) is 5.75 Å². The van der Waals surface area contributed by atoms with Gasteiger partial charge < -0.3 is 10.1 Å². The quantitative estimate of drug-likeness (QED) is 0.919. The molecule has 1 unspecified atom stereocenters. The molecule has 0 fully saturated rings. The highest BCUT2D eigenvalue weighted by molar-refractivity contribution is 6.31. The van der Waals surface area contributed by atoms with Crippen LogP contribution in [0.5, 0.6) is 5.75 Å². The minimum absolute atomic E-state index is 0.328. The molecular weight excluding hydrogens is 281 g/mol. The number of aryl methyl sites for hydroxylation is 1. The lowest BCUT2D eigenvalue weighted by molar-refractivity contribution is -0.155. The summed E-state index contributed by atoms with van der Waals surface area (Å²) in [6.45, 7) is 1.18. The van der Waals surface area contributed by atoms with E-state index in [1.54, 1.807) is 13.0 Å². The van der Waals surface area contributed by atoms with Crippen molar-refractivity contribution in [2.24, 2.45) is 5.92 Å². The Bertz CT molecular complexity index is 497. The fourth-order valence-electron chi connectivity index (χ4n) is 1.42. The van der Waals surface area contributed by atoms with Crippen molar-refractivity contribution in [2.75, 3.05) is 19.0 Å². The summed E-state index contributed by atoms with van der Waals surface area (Å²) in [5.41, 5.74) is 1.07. The highest BCUT2D eigenvalue weighted by Crippen LogP contribution is 2.32. The molecule has 1 aromatic rings. The zero-order chi connectivity index (χ0) is 14.6. The molecule has 3 nitrogen and oxygen atoms in total. The van der Waals surface area contributed by atoms with Crippen molar-refractivity contribution in [3.8, 4) is 11.8 Å². The third-order valence-corrected chi connectivity index (χ3v) is 2.94. The fourth-order valence-corrected chi connectivity index (χ4v) is 1.57. The van der Waals surface area contributed by atoms with Gasteiger partial charge in [-0.1, -0.05) is 11.6 Å². The molecule has 0 amide bonds. The summed E-state index contributed by atoms with van der Waals surface area (Å²) in [4.78, 5) is 0. The van der Waals surface area contributed by atoms with E-state index in [1.807, 2.05) is 0 Å². The van der Waals surface area contributed by atoms with Crippen molar-refractivity contribution in [3.63, 3.8) is 0 Å². The number of hydrogen-bond donors (Lipinski definition) is 1. The molecule has 1 N–H and O–H groups in total. The minimum Gasteiger partial charge on any atom is -0.495 e. The smallest absolute Gasteiger partial charge is 0.406 e. The number of rotatable bonds is 4. The molecule has 0 aliphatic carbocycles. The molecule has 1 rings (SSSR count). The lowest BCUT2D eigenvalue weighted by Crippen LogP contribution is -2.28. The summed E-state index contributed by atoms with van der Waals surface area (Å²) in [5.74, 6) is -1.75. The Morgan fingerprint density at radius 1 is 1.47 bits per heavy atom. The van der Waals surface area contributed by atoms with Gasteiger partial charge in [0.2, 0.25) is 0 Å². The number of methoxy groups -OCH3 is 1. The lowest BCUT2D eigenvalue weighted by atomic mass is 10.1. The zero-order valence-electron chi connectivity index (χ0n) is 10.3. The van der Waals surface area contributed by atoms with Crippen molar-refractivity contribution in [1.29, 1.82) is 5.26 Å². The average molecular weight is 293 g/mol. The maximum absolute atomic E-state index is 12.4. The molecule has 0 saturated heterocycles. The second kappa shape index (κ2) is 6.02. The van der Waals surface area contributed by atoms with E-state index in [-0.39, 0.29) is 0 Å². The number of anilines is 1. The number of nitrogens with zero attached hydrogens (tertiary/aromatic N) is 1. The predicted octanol–water partition coefficient (Wildman–Crippen LogP) is 3.77. The van der Waals surface area contributed by atoms with Crippen LogP contribution in [-0.2, 0) is 0 Å². The SMILES string of the molecule is COc1cc(Cl)c(C)cc1NCC(C#N)C(F)(F)F. The fraction of sp³-hybridized carbons (Fsp3) is 0.417. The highest BCUT2D eigenvalue weighted by atomic mass is 35.5. The normalized spacial score (nSPS) is 12.7. The van der Waals surface area contributed by atoms with Crippen LogP contribution in [0.15, 0.2) is 12.1 Å². The first-order valence-electron chi connectivity index (χ1n) is 5.34. The Balaban J connectivity index is 2.89. The van der Waals surface area contributed by atoms with Gasteiger partial charge >= 0.3 is 6.18 Å². The average Bonchev–Trinajstić information content (AvgIpc) is 2.32. The summed E-state index contributed by atoms with van der Waals surface area (Å²) in [5, 5.41) is 11.5. The van der Waals surface area contributed by atoms with Gasteiger partial charge in [0.25, 0.3) is 0 Å². The van der Waals surface area contributed by atoms with E-state index in [0.717, 1.165) is 0 Å². The van der Waals surface area contributed by atoms with Crippen LogP contribution < -0.4 is 10.1 Å². The Labute approximate surface area is 113 Å². The van der Waals surface area contributed by atoms with E-state index < -0.39 is 18.6 Å². The van der Waals surface area contributed by atoms with Crippen molar-refractivity contribution in [2.45, 2.75) is 13.1 Å². The van der Waals surface area contributed by atoms with Crippen LogP contribution in [-0.4, -0.2) is 19.8 Å². The van der Waals surface area contributed by atoms with Gasteiger partial charge in [0, 0.05) is 17.6 Å². The van der Waals surface area contributed by atoms with E-state index in [2.05, 4.69) is 5.32 Å². The topological polar surface area (TPSA) is 45.0 Å².